The van der Waals surface area contributed by atoms with Crippen LogP contribution in [0, 0.1) is 5.92 Å². The molecule has 122 valence electrons. The minimum absolute atomic E-state index is 0.0150. The first-order valence-electron chi connectivity index (χ1n) is 7.62. The standard InChI is InChI=1S/C15H28N2O4/c1-5-21-14(19)12-6-8-15(20,9-7-12)10-16-11(2)13(18)17(3)4/h11-12,16,20H,5-10H2,1-4H3. The maximum absolute atomic E-state index is 11.8. The topological polar surface area (TPSA) is 78.9 Å². The van der Waals surface area contributed by atoms with Gasteiger partial charge in [0.05, 0.1) is 24.2 Å². The van der Waals surface area contributed by atoms with Gasteiger partial charge in [-0.05, 0) is 39.5 Å². The summed E-state index contributed by atoms with van der Waals surface area (Å²) < 4.78 is 5.02. The summed E-state index contributed by atoms with van der Waals surface area (Å²) in [6.07, 6.45) is 2.36. The van der Waals surface area contributed by atoms with E-state index in [1.54, 1.807) is 27.9 Å². The zero-order valence-electron chi connectivity index (χ0n) is 13.5. The highest BCUT2D eigenvalue weighted by Crippen LogP contribution is 2.32. The molecule has 1 aliphatic rings. The van der Waals surface area contributed by atoms with E-state index in [4.69, 9.17) is 4.74 Å². The number of esters is 1. The summed E-state index contributed by atoms with van der Waals surface area (Å²) in [6.45, 7) is 4.34. The Morgan fingerprint density at radius 2 is 1.95 bits per heavy atom. The number of rotatable bonds is 6. The summed E-state index contributed by atoms with van der Waals surface area (Å²) in [5.74, 6) is -0.284. The van der Waals surface area contributed by atoms with Crippen molar-refractivity contribution in [3.63, 3.8) is 0 Å². The van der Waals surface area contributed by atoms with E-state index >= 15 is 0 Å². The van der Waals surface area contributed by atoms with E-state index in [-0.39, 0.29) is 23.8 Å². The highest BCUT2D eigenvalue weighted by Gasteiger charge is 2.36. The van der Waals surface area contributed by atoms with Crippen molar-refractivity contribution in [2.75, 3.05) is 27.2 Å². The number of hydrogen-bond acceptors (Lipinski definition) is 5. The van der Waals surface area contributed by atoms with Crippen LogP contribution in [0.15, 0.2) is 0 Å². The third kappa shape index (κ3) is 5.28. The lowest BCUT2D eigenvalue weighted by molar-refractivity contribution is -0.151. The molecule has 1 unspecified atom stereocenters. The maximum Gasteiger partial charge on any atom is 0.308 e. The van der Waals surface area contributed by atoms with E-state index in [1.165, 1.54) is 4.90 Å². The Labute approximate surface area is 126 Å². The van der Waals surface area contributed by atoms with E-state index in [2.05, 4.69) is 5.32 Å². The molecule has 1 aliphatic carbocycles. The fourth-order valence-corrected chi connectivity index (χ4v) is 2.65. The number of nitrogens with one attached hydrogen (secondary N) is 1. The van der Waals surface area contributed by atoms with Crippen LogP contribution in [0.5, 0.6) is 0 Å². The molecule has 0 heterocycles. The first-order chi connectivity index (χ1) is 9.79. The Morgan fingerprint density at radius 3 is 2.43 bits per heavy atom. The maximum atomic E-state index is 11.8. The minimum atomic E-state index is -0.843. The highest BCUT2D eigenvalue weighted by atomic mass is 16.5. The lowest BCUT2D eigenvalue weighted by atomic mass is 9.78. The number of ether oxygens (including phenoxy) is 1. The number of hydrogen-bond donors (Lipinski definition) is 2. The second-order valence-corrected chi connectivity index (χ2v) is 6.09. The summed E-state index contributed by atoms with van der Waals surface area (Å²) in [6, 6.07) is -0.327. The molecular weight excluding hydrogens is 272 g/mol. The molecule has 0 bridgehead atoms. The Morgan fingerprint density at radius 1 is 1.38 bits per heavy atom. The zero-order chi connectivity index (χ0) is 16.0. The minimum Gasteiger partial charge on any atom is -0.466 e. The molecule has 6 heteroatoms. The molecule has 0 aromatic heterocycles. The fraction of sp³-hybridized carbons (Fsp3) is 0.867. The first kappa shape index (κ1) is 17.9. The monoisotopic (exact) mass is 300 g/mol. The van der Waals surface area contributed by atoms with E-state index in [0.29, 0.717) is 38.8 Å². The third-order valence-corrected chi connectivity index (χ3v) is 4.08. The van der Waals surface area contributed by atoms with Gasteiger partial charge in [-0.2, -0.15) is 0 Å². The average molecular weight is 300 g/mol. The normalized spacial score (nSPS) is 27.0. The molecule has 0 radical (unpaired) electrons. The largest absolute Gasteiger partial charge is 0.466 e. The summed E-state index contributed by atoms with van der Waals surface area (Å²) in [4.78, 5) is 25.0. The Kier molecular flexibility index (Phi) is 6.61. The molecule has 0 aromatic rings. The van der Waals surface area contributed by atoms with Crippen LogP contribution >= 0.6 is 0 Å². The SMILES string of the molecule is CCOC(=O)C1CCC(O)(CNC(C)C(=O)N(C)C)CC1. The van der Waals surface area contributed by atoms with Crippen molar-refractivity contribution in [2.45, 2.75) is 51.2 Å². The van der Waals surface area contributed by atoms with Gasteiger partial charge in [0.1, 0.15) is 0 Å². The average Bonchev–Trinajstić information content (AvgIpc) is 2.45. The van der Waals surface area contributed by atoms with Crippen LogP contribution in [0.3, 0.4) is 0 Å². The zero-order valence-corrected chi connectivity index (χ0v) is 13.5. The molecule has 21 heavy (non-hydrogen) atoms. The molecular formula is C15H28N2O4. The van der Waals surface area contributed by atoms with Crippen LogP contribution in [0.25, 0.3) is 0 Å². The Hall–Kier alpha value is -1.14. The number of carbonyl (C=O) groups excluding carboxylic acids is 2. The van der Waals surface area contributed by atoms with Crippen molar-refractivity contribution in [3.05, 3.63) is 0 Å². The number of aliphatic hydroxyl groups is 1. The Balaban J connectivity index is 2.40. The smallest absolute Gasteiger partial charge is 0.308 e. The molecule has 1 rings (SSSR count). The molecule has 1 fully saturated rings. The van der Waals surface area contributed by atoms with Crippen LogP contribution in [0.4, 0.5) is 0 Å². The molecule has 0 spiro atoms. The first-order valence-corrected chi connectivity index (χ1v) is 7.62. The van der Waals surface area contributed by atoms with Crippen molar-refractivity contribution in [1.82, 2.24) is 10.2 Å². The molecule has 1 saturated carbocycles. The second-order valence-electron chi connectivity index (χ2n) is 6.09. The number of nitrogens with zero attached hydrogens (tertiary/aromatic N) is 1. The quantitative estimate of drug-likeness (QED) is 0.700. The van der Waals surface area contributed by atoms with Gasteiger partial charge in [-0.25, -0.2) is 0 Å². The van der Waals surface area contributed by atoms with Gasteiger partial charge < -0.3 is 20.1 Å². The van der Waals surface area contributed by atoms with Crippen molar-refractivity contribution < 1.29 is 19.4 Å². The van der Waals surface area contributed by atoms with Crippen LogP contribution in [0.1, 0.15) is 39.5 Å². The summed E-state index contributed by atoms with van der Waals surface area (Å²) in [5, 5.41) is 13.6. The lowest BCUT2D eigenvalue weighted by Crippen LogP contribution is -2.50. The van der Waals surface area contributed by atoms with Gasteiger partial charge in [-0.3, -0.25) is 9.59 Å². The van der Waals surface area contributed by atoms with Gasteiger partial charge in [0.2, 0.25) is 5.91 Å². The fourth-order valence-electron chi connectivity index (χ4n) is 2.65. The summed E-state index contributed by atoms with van der Waals surface area (Å²) >= 11 is 0. The van der Waals surface area contributed by atoms with Crippen LogP contribution in [0.2, 0.25) is 0 Å². The van der Waals surface area contributed by atoms with E-state index in [0.717, 1.165) is 0 Å². The van der Waals surface area contributed by atoms with Crippen molar-refractivity contribution >= 4 is 11.9 Å². The molecule has 0 aliphatic heterocycles. The molecule has 1 atom stereocenters. The van der Waals surface area contributed by atoms with Gasteiger partial charge in [-0.1, -0.05) is 0 Å². The van der Waals surface area contributed by atoms with Gasteiger partial charge in [0.15, 0.2) is 0 Å². The van der Waals surface area contributed by atoms with Gasteiger partial charge >= 0.3 is 5.97 Å². The highest BCUT2D eigenvalue weighted by molar-refractivity contribution is 5.80. The van der Waals surface area contributed by atoms with Crippen molar-refractivity contribution in [3.8, 4) is 0 Å². The van der Waals surface area contributed by atoms with Crippen LogP contribution in [-0.2, 0) is 14.3 Å². The van der Waals surface area contributed by atoms with Crippen LogP contribution < -0.4 is 5.32 Å². The third-order valence-electron chi connectivity index (χ3n) is 4.08. The second kappa shape index (κ2) is 7.75. The molecule has 1 amide bonds. The number of carbonyl (C=O) groups is 2. The van der Waals surface area contributed by atoms with E-state index in [1.807, 2.05) is 0 Å². The summed E-state index contributed by atoms with van der Waals surface area (Å²) in [5.41, 5.74) is -0.843. The molecule has 0 aromatic carbocycles. The van der Waals surface area contributed by atoms with Crippen molar-refractivity contribution in [2.24, 2.45) is 5.92 Å². The Bertz CT molecular complexity index is 363. The predicted octanol–water partition coefficient (Wildman–Crippen LogP) is 0.537. The van der Waals surface area contributed by atoms with E-state index < -0.39 is 5.60 Å². The summed E-state index contributed by atoms with van der Waals surface area (Å²) in [7, 11) is 3.42. The van der Waals surface area contributed by atoms with Gasteiger partial charge in [0, 0.05) is 20.6 Å². The number of likely N-dealkylation sites (N-methyl/N-ethyl adjacent to an activating group) is 1. The molecule has 0 saturated heterocycles. The lowest BCUT2D eigenvalue weighted by Gasteiger charge is -2.36. The van der Waals surface area contributed by atoms with Crippen LogP contribution in [-0.4, -0.2) is 60.8 Å². The van der Waals surface area contributed by atoms with Gasteiger partial charge in [0.25, 0.3) is 0 Å². The predicted molar refractivity (Wildman–Crippen MR) is 79.7 cm³/mol. The van der Waals surface area contributed by atoms with Gasteiger partial charge in [-0.15, -0.1) is 0 Å². The van der Waals surface area contributed by atoms with E-state index in [9.17, 15) is 14.7 Å². The molecule has 6 nitrogen and oxygen atoms in total. The molecule has 2 N–H and O–H groups in total. The number of amides is 1. The van der Waals surface area contributed by atoms with Crippen molar-refractivity contribution in [1.29, 1.82) is 0 Å².